The Morgan fingerprint density at radius 1 is 1.16 bits per heavy atom. The molecule has 38 heavy (non-hydrogen) atoms. The minimum Gasteiger partial charge on any atom is -0.459 e. The molecule has 1 N–H and O–H groups in total. The number of amides is 1. The number of carbonyl (C=O) groups is 2. The number of aromatic nitrogens is 2. The number of esters is 1. The lowest BCUT2D eigenvalue weighted by Crippen LogP contribution is -2.44. The molecule has 2 fully saturated rings. The molecule has 0 spiro atoms. The highest BCUT2D eigenvalue weighted by Gasteiger charge is 2.42. The molecule has 2 aliphatic carbocycles. The summed E-state index contributed by atoms with van der Waals surface area (Å²) in [5.41, 5.74) is -0.547. The summed E-state index contributed by atoms with van der Waals surface area (Å²) in [7, 11) is 0. The largest absolute Gasteiger partial charge is 0.459 e. The fraction of sp³-hybridized carbons (Fsp3) is 0.429. The Kier molecular flexibility index (Phi) is 6.90. The fourth-order valence-corrected chi connectivity index (χ4v) is 4.96. The number of hydrogen-bond acceptors (Lipinski definition) is 6. The van der Waals surface area contributed by atoms with E-state index in [4.69, 9.17) is 26.1 Å². The Balaban J connectivity index is 1.48. The van der Waals surface area contributed by atoms with Crippen LogP contribution in [0, 0.1) is 11.7 Å². The number of halogens is 2. The number of fused-ring (bicyclic) bond motifs is 1. The van der Waals surface area contributed by atoms with Gasteiger partial charge in [0.05, 0.1) is 27.5 Å². The van der Waals surface area contributed by atoms with Crippen molar-refractivity contribution >= 4 is 34.6 Å². The molecule has 3 aromatic rings. The molecule has 2 aliphatic rings. The predicted octanol–water partition coefficient (Wildman–Crippen LogP) is 5.73. The summed E-state index contributed by atoms with van der Waals surface area (Å²) < 4.78 is 26.8. The maximum Gasteiger partial charge on any atom is 0.408 e. The first kappa shape index (κ1) is 26.2. The molecule has 8 nitrogen and oxygen atoms in total. The molecule has 0 radical (unpaired) electrons. The van der Waals surface area contributed by atoms with Crippen LogP contribution >= 0.6 is 11.6 Å². The second-order valence-electron chi connectivity index (χ2n) is 10.9. The van der Waals surface area contributed by atoms with Gasteiger partial charge in [-0.3, -0.25) is 9.36 Å². The van der Waals surface area contributed by atoms with Crippen molar-refractivity contribution in [2.45, 2.75) is 70.2 Å². The van der Waals surface area contributed by atoms with Crippen LogP contribution in [0.5, 0.6) is 0 Å². The van der Waals surface area contributed by atoms with Gasteiger partial charge in [-0.2, -0.15) is 0 Å². The Morgan fingerprint density at radius 2 is 1.84 bits per heavy atom. The summed E-state index contributed by atoms with van der Waals surface area (Å²) in [5.74, 6) is -0.685. The third-order valence-corrected chi connectivity index (χ3v) is 7.00. The quantitative estimate of drug-likeness (QED) is 0.400. The summed E-state index contributed by atoms with van der Waals surface area (Å²) in [6, 6.07) is 9.95. The fourth-order valence-electron chi connectivity index (χ4n) is 4.71. The molecule has 2 aromatic carbocycles. The number of ether oxygens (including phenoxy) is 2. The van der Waals surface area contributed by atoms with Crippen molar-refractivity contribution in [1.29, 1.82) is 0 Å². The molecule has 1 unspecified atom stereocenters. The van der Waals surface area contributed by atoms with Crippen molar-refractivity contribution in [3.63, 3.8) is 0 Å². The normalized spacial score (nSPS) is 19.9. The summed E-state index contributed by atoms with van der Waals surface area (Å²) in [6.07, 6.45) is 1.43. The van der Waals surface area contributed by atoms with Crippen LogP contribution in [-0.2, 0) is 9.47 Å². The van der Waals surface area contributed by atoms with Crippen molar-refractivity contribution < 1.29 is 23.5 Å². The van der Waals surface area contributed by atoms with E-state index in [9.17, 15) is 18.8 Å². The van der Waals surface area contributed by atoms with Gasteiger partial charge in [0.1, 0.15) is 23.3 Å². The van der Waals surface area contributed by atoms with E-state index in [2.05, 4.69) is 5.32 Å². The molecule has 1 amide bonds. The lowest BCUT2D eigenvalue weighted by atomic mass is 9.88. The summed E-state index contributed by atoms with van der Waals surface area (Å²) in [5, 5.41) is 2.96. The van der Waals surface area contributed by atoms with E-state index in [1.165, 1.54) is 4.57 Å². The zero-order valence-corrected chi connectivity index (χ0v) is 22.1. The van der Waals surface area contributed by atoms with Crippen molar-refractivity contribution in [1.82, 2.24) is 14.9 Å². The average molecular weight is 542 g/mol. The van der Waals surface area contributed by atoms with Crippen LogP contribution < -0.4 is 10.9 Å². The lowest BCUT2D eigenvalue weighted by molar-refractivity contribution is -0.00957. The third-order valence-electron chi connectivity index (χ3n) is 6.71. The first-order valence-corrected chi connectivity index (χ1v) is 13.0. The maximum absolute atomic E-state index is 14.2. The van der Waals surface area contributed by atoms with Gasteiger partial charge in [0, 0.05) is 18.9 Å². The van der Waals surface area contributed by atoms with Crippen LogP contribution in [0.4, 0.5) is 9.18 Å². The van der Waals surface area contributed by atoms with Gasteiger partial charge in [-0.1, -0.05) is 29.8 Å². The zero-order valence-electron chi connectivity index (χ0n) is 21.4. The minimum absolute atomic E-state index is 0.0144. The lowest BCUT2D eigenvalue weighted by Gasteiger charge is -2.38. The smallest absolute Gasteiger partial charge is 0.408 e. The number of alkyl carbamates (subject to hydrolysis) is 1. The Morgan fingerprint density at radius 3 is 2.47 bits per heavy atom. The van der Waals surface area contributed by atoms with E-state index in [1.54, 1.807) is 45.0 Å². The molecule has 10 heteroatoms. The molecule has 1 aromatic heterocycles. The molecule has 2 saturated carbocycles. The zero-order chi connectivity index (χ0) is 27.2. The van der Waals surface area contributed by atoms with E-state index >= 15 is 0 Å². The molecule has 1 atom stereocenters. The second-order valence-corrected chi connectivity index (χ2v) is 11.3. The van der Waals surface area contributed by atoms with Crippen molar-refractivity contribution in [2.24, 2.45) is 5.92 Å². The van der Waals surface area contributed by atoms with Gasteiger partial charge < -0.3 is 14.8 Å². The van der Waals surface area contributed by atoms with Gasteiger partial charge in [0.15, 0.2) is 0 Å². The van der Waals surface area contributed by atoms with Gasteiger partial charge in [-0.15, -0.1) is 0 Å². The van der Waals surface area contributed by atoms with Crippen LogP contribution in [0.1, 0.15) is 74.7 Å². The highest BCUT2D eigenvalue weighted by molar-refractivity contribution is 6.35. The number of nitrogens with zero attached hydrogens (tertiary/aromatic N) is 2. The average Bonchev–Trinajstić information content (AvgIpc) is 3.65. The summed E-state index contributed by atoms with van der Waals surface area (Å²) in [6.45, 7) is 5.30. The number of carbonyl (C=O) groups excluding carboxylic acids is 2. The van der Waals surface area contributed by atoms with E-state index < -0.39 is 41.2 Å². The monoisotopic (exact) mass is 541 g/mol. The number of hydrogen-bond donors (Lipinski definition) is 1. The standard InChI is InChI=1S/C28H29ClFN3O5/c1-28(2,3)38-27(36)32-22(15-9-10-15)24-31-23-20(11-17(30)12-21(23)29)25(34)33(24)18-13-19(14-18)37-26(35)16-7-5-4-6-8-16/h4-8,11-12,15,18-19,22H,9-10,13-14H2,1-3H3,(H,32,36). The first-order chi connectivity index (χ1) is 18.0. The number of rotatable bonds is 6. The summed E-state index contributed by atoms with van der Waals surface area (Å²) >= 11 is 6.30. The van der Waals surface area contributed by atoms with Crippen LogP contribution in [0.15, 0.2) is 47.3 Å². The second kappa shape index (κ2) is 10.0. The van der Waals surface area contributed by atoms with Crippen molar-refractivity contribution in [2.75, 3.05) is 0 Å². The Labute approximate surface area is 224 Å². The van der Waals surface area contributed by atoms with Gasteiger partial charge in [0.2, 0.25) is 0 Å². The van der Waals surface area contributed by atoms with Crippen LogP contribution in [0.25, 0.3) is 10.9 Å². The summed E-state index contributed by atoms with van der Waals surface area (Å²) in [4.78, 5) is 43.7. The predicted molar refractivity (Wildman–Crippen MR) is 140 cm³/mol. The van der Waals surface area contributed by atoms with E-state index in [0.717, 1.165) is 25.0 Å². The Bertz CT molecular complexity index is 1440. The SMILES string of the molecule is CC(C)(C)OC(=O)NC(c1nc2c(Cl)cc(F)cc2c(=O)n1C1CC(OC(=O)c2ccccc2)C1)C1CC1. The number of nitrogens with one attached hydrogen (secondary N) is 1. The molecule has 1 heterocycles. The van der Waals surface area contributed by atoms with E-state index in [-0.39, 0.29) is 27.9 Å². The molecular weight excluding hydrogens is 513 g/mol. The molecular formula is C28H29ClFN3O5. The van der Waals surface area contributed by atoms with Crippen LogP contribution in [0.3, 0.4) is 0 Å². The molecule has 200 valence electrons. The van der Waals surface area contributed by atoms with Gasteiger partial charge in [0.25, 0.3) is 5.56 Å². The van der Waals surface area contributed by atoms with Crippen molar-refractivity contribution in [3.8, 4) is 0 Å². The van der Waals surface area contributed by atoms with Gasteiger partial charge in [-0.05, 0) is 63.8 Å². The first-order valence-electron chi connectivity index (χ1n) is 12.7. The van der Waals surface area contributed by atoms with Gasteiger partial charge >= 0.3 is 12.1 Å². The highest BCUT2D eigenvalue weighted by Crippen LogP contribution is 2.43. The van der Waals surface area contributed by atoms with Crippen LogP contribution in [-0.4, -0.2) is 33.3 Å². The topological polar surface area (TPSA) is 99.5 Å². The van der Waals surface area contributed by atoms with Crippen molar-refractivity contribution in [3.05, 3.63) is 75.0 Å². The molecule has 0 saturated heterocycles. The molecule has 5 rings (SSSR count). The maximum atomic E-state index is 14.2. The molecule has 0 bridgehead atoms. The van der Waals surface area contributed by atoms with Crippen LogP contribution in [0.2, 0.25) is 5.02 Å². The van der Waals surface area contributed by atoms with E-state index in [0.29, 0.717) is 24.2 Å². The molecule has 0 aliphatic heterocycles. The highest BCUT2D eigenvalue weighted by atomic mass is 35.5. The number of benzene rings is 2. The minimum atomic E-state index is -0.709. The van der Waals surface area contributed by atoms with Gasteiger partial charge in [-0.25, -0.2) is 19.0 Å². The Hall–Kier alpha value is -3.46. The van der Waals surface area contributed by atoms with E-state index in [1.807, 2.05) is 6.07 Å². The third kappa shape index (κ3) is 5.53.